The van der Waals surface area contributed by atoms with E-state index in [1.54, 1.807) is 12.3 Å². The molecule has 1 aliphatic heterocycles. The van der Waals surface area contributed by atoms with Crippen LogP contribution >= 0.6 is 0 Å². The molecule has 0 aromatic carbocycles. The molecule has 1 fully saturated rings. The zero-order valence-electron chi connectivity index (χ0n) is 10.1. The Kier molecular flexibility index (Phi) is 3.72. The zero-order chi connectivity index (χ0) is 13.2. The summed E-state index contributed by atoms with van der Waals surface area (Å²) in [5, 5.41) is 0. The average Bonchev–Trinajstić information content (AvgIpc) is 2.63. The van der Waals surface area contributed by atoms with Crippen LogP contribution in [0.1, 0.15) is 12.8 Å². The van der Waals surface area contributed by atoms with Gasteiger partial charge < -0.3 is 10.3 Å². The third-order valence-corrected chi connectivity index (χ3v) is 4.97. The molecule has 0 aliphatic carbocycles. The fraction of sp³-hybridized carbons (Fsp3) is 0.545. The molecule has 100 valence electrons. The Balaban J connectivity index is 1.93. The standard InChI is InChI=1S/C11H17N3O3S/c12-10-3-4-11(15)13(9-10)5-1-6-14-7-2-8-18(14,16)17/h3-4,9H,1-2,5-8,12H2. The first-order valence-electron chi connectivity index (χ1n) is 5.93. The number of anilines is 1. The minimum absolute atomic E-state index is 0.117. The number of rotatable bonds is 4. The Morgan fingerprint density at radius 2 is 2.06 bits per heavy atom. The van der Waals surface area contributed by atoms with Gasteiger partial charge in [-0.2, -0.15) is 0 Å². The van der Waals surface area contributed by atoms with E-state index in [2.05, 4.69) is 0 Å². The largest absolute Gasteiger partial charge is 0.398 e. The molecule has 0 radical (unpaired) electrons. The molecule has 0 amide bonds. The maximum atomic E-state index is 11.6. The van der Waals surface area contributed by atoms with Crippen molar-refractivity contribution in [2.75, 3.05) is 24.6 Å². The molecule has 0 atom stereocenters. The Morgan fingerprint density at radius 1 is 1.28 bits per heavy atom. The number of nitrogens with zero attached hydrogens (tertiary/aromatic N) is 2. The van der Waals surface area contributed by atoms with Gasteiger partial charge in [-0.15, -0.1) is 0 Å². The Labute approximate surface area is 106 Å². The topological polar surface area (TPSA) is 85.4 Å². The second-order valence-corrected chi connectivity index (χ2v) is 6.50. The van der Waals surface area contributed by atoms with Crippen LogP contribution in [0.25, 0.3) is 0 Å². The predicted molar refractivity (Wildman–Crippen MR) is 69.7 cm³/mol. The maximum Gasteiger partial charge on any atom is 0.250 e. The molecule has 1 aromatic rings. The van der Waals surface area contributed by atoms with E-state index >= 15 is 0 Å². The van der Waals surface area contributed by atoms with Crippen molar-refractivity contribution in [2.24, 2.45) is 0 Å². The molecule has 0 unspecified atom stereocenters. The second-order valence-electron chi connectivity index (χ2n) is 4.42. The quantitative estimate of drug-likeness (QED) is 0.825. The van der Waals surface area contributed by atoms with Crippen molar-refractivity contribution in [3.05, 3.63) is 28.7 Å². The van der Waals surface area contributed by atoms with Gasteiger partial charge >= 0.3 is 0 Å². The van der Waals surface area contributed by atoms with E-state index < -0.39 is 10.0 Å². The van der Waals surface area contributed by atoms with Crippen LogP contribution in [0.15, 0.2) is 23.1 Å². The van der Waals surface area contributed by atoms with E-state index in [-0.39, 0.29) is 11.3 Å². The van der Waals surface area contributed by atoms with E-state index in [1.807, 2.05) is 0 Å². The Hall–Kier alpha value is -1.34. The van der Waals surface area contributed by atoms with Gasteiger partial charge in [0.2, 0.25) is 10.0 Å². The molecule has 1 aliphatic rings. The van der Waals surface area contributed by atoms with Crippen LogP contribution in [0.2, 0.25) is 0 Å². The van der Waals surface area contributed by atoms with Crippen LogP contribution < -0.4 is 11.3 Å². The minimum Gasteiger partial charge on any atom is -0.398 e. The first-order chi connectivity index (χ1) is 8.49. The predicted octanol–water partition coefficient (Wildman–Crippen LogP) is -0.144. The molecule has 7 heteroatoms. The Bertz CT molecular complexity index is 579. The minimum atomic E-state index is -3.04. The first-order valence-corrected chi connectivity index (χ1v) is 7.54. The smallest absolute Gasteiger partial charge is 0.250 e. The van der Waals surface area contributed by atoms with Crippen LogP contribution in [0.4, 0.5) is 5.69 Å². The third-order valence-electron chi connectivity index (χ3n) is 3.02. The summed E-state index contributed by atoms with van der Waals surface area (Å²) < 4.78 is 26.1. The van der Waals surface area contributed by atoms with Gasteiger partial charge in [-0.25, -0.2) is 12.7 Å². The monoisotopic (exact) mass is 271 g/mol. The van der Waals surface area contributed by atoms with E-state index in [1.165, 1.54) is 14.9 Å². The summed E-state index contributed by atoms with van der Waals surface area (Å²) in [7, 11) is -3.04. The maximum absolute atomic E-state index is 11.6. The van der Waals surface area contributed by atoms with Crippen molar-refractivity contribution in [1.82, 2.24) is 8.87 Å². The van der Waals surface area contributed by atoms with Crippen LogP contribution in [-0.4, -0.2) is 36.1 Å². The number of aryl methyl sites for hydroxylation is 1. The van der Waals surface area contributed by atoms with Crippen LogP contribution in [0, 0.1) is 0 Å². The highest BCUT2D eigenvalue weighted by Crippen LogP contribution is 2.13. The summed E-state index contributed by atoms with van der Waals surface area (Å²) in [6.45, 7) is 1.54. The Morgan fingerprint density at radius 3 is 2.72 bits per heavy atom. The number of nitrogens with two attached hydrogens (primary N) is 1. The fourth-order valence-corrected chi connectivity index (χ4v) is 3.65. The molecule has 2 rings (SSSR count). The molecule has 1 aromatic heterocycles. The van der Waals surface area contributed by atoms with Crippen molar-refractivity contribution >= 4 is 15.7 Å². The van der Waals surface area contributed by atoms with Gasteiger partial charge in [0, 0.05) is 37.6 Å². The van der Waals surface area contributed by atoms with Crippen LogP contribution in [-0.2, 0) is 16.6 Å². The van der Waals surface area contributed by atoms with Gasteiger partial charge in [0.25, 0.3) is 5.56 Å². The van der Waals surface area contributed by atoms with Gasteiger partial charge in [0.1, 0.15) is 0 Å². The molecule has 2 N–H and O–H groups in total. The van der Waals surface area contributed by atoms with Gasteiger partial charge in [-0.05, 0) is 18.9 Å². The number of aromatic nitrogens is 1. The van der Waals surface area contributed by atoms with E-state index in [4.69, 9.17) is 5.73 Å². The van der Waals surface area contributed by atoms with Gasteiger partial charge in [-0.3, -0.25) is 4.79 Å². The number of nitrogen functional groups attached to an aromatic ring is 1. The van der Waals surface area contributed by atoms with Crippen molar-refractivity contribution < 1.29 is 8.42 Å². The summed E-state index contributed by atoms with van der Waals surface area (Å²) in [5.41, 5.74) is 6.01. The van der Waals surface area contributed by atoms with E-state index in [9.17, 15) is 13.2 Å². The lowest BCUT2D eigenvalue weighted by Crippen LogP contribution is -2.28. The van der Waals surface area contributed by atoms with E-state index in [0.717, 1.165) is 0 Å². The van der Waals surface area contributed by atoms with Gasteiger partial charge in [0.05, 0.1) is 5.75 Å². The third kappa shape index (κ3) is 2.91. The number of sulfonamides is 1. The molecule has 18 heavy (non-hydrogen) atoms. The molecule has 6 nitrogen and oxygen atoms in total. The number of hydrogen-bond acceptors (Lipinski definition) is 4. The first kappa shape index (κ1) is 13.1. The van der Waals surface area contributed by atoms with Crippen LogP contribution in [0.3, 0.4) is 0 Å². The normalized spacial score (nSPS) is 19.1. The highest BCUT2D eigenvalue weighted by atomic mass is 32.2. The fourth-order valence-electron chi connectivity index (χ4n) is 2.08. The van der Waals surface area contributed by atoms with Crippen LogP contribution in [0.5, 0.6) is 0 Å². The van der Waals surface area contributed by atoms with Crippen molar-refractivity contribution in [2.45, 2.75) is 19.4 Å². The molecule has 1 saturated heterocycles. The SMILES string of the molecule is Nc1ccc(=O)n(CCCN2CCCS2(=O)=O)c1. The summed E-state index contributed by atoms with van der Waals surface area (Å²) >= 11 is 0. The van der Waals surface area contributed by atoms with Crippen molar-refractivity contribution in [3.63, 3.8) is 0 Å². The number of pyridine rings is 1. The van der Waals surface area contributed by atoms with Gasteiger partial charge in [0.15, 0.2) is 0 Å². The number of hydrogen-bond donors (Lipinski definition) is 1. The summed E-state index contributed by atoms with van der Waals surface area (Å²) in [6, 6.07) is 2.98. The molecular weight excluding hydrogens is 254 g/mol. The summed E-state index contributed by atoms with van der Waals surface area (Å²) in [6.07, 6.45) is 2.89. The highest BCUT2D eigenvalue weighted by Gasteiger charge is 2.27. The highest BCUT2D eigenvalue weighted by molar-refractivity contribution is 7.89. The lowest BCUT2D eigenvalue weighted by Gasteiger charge is -2.14. The molecule has 0 spiro atoms. The van der Waals surface area contributed by atoms with Crippen molar-refractivity contribution in [3.8, 4) is 0 Å². The summed E-state index contributed by atoms with van der Waals surface area (Å²) in [5.74, 6) is 0.241. The molecule has 0 saturated carbocycles. The molecular formula is C11H17N3O3S. The van der Waals surface area contributed by atoms with Crippen molar-refractivity contribution in [1.29, 1.82) is 0 Å². The lowest BCUT2D eigenvalue weighted by molar-refractivity contribution is 0.420. The molecule has 0 bridgehead atoms. The zero-order valence-corrected chi connectivity index (χ0v) is 10.9. The average molecular weight is 271 g/mol. The van der Waals surface area contributed by atoms with E-state index in [0.29, 0.717) is 38.2 Å². The second kappa shape index (κ2) is 5.11. The lowest BCUT2D eigenvalue weighted by atomic mass is 10.3. The summed E-state index contributed by atoms with van der Waals surface area (Å²) in [4.78, 5) is 11.5. The molecule has 2 heterocycles. The van der Waals surface area contributed by atoms with Gasteiger partial charge in [-0.1, -0.05) is 0 Å².